The van der Waals surface area contributed by atoms with Crippen molar-refractivity contribution < 1.29 is 14.6 Å². The summed E-state index contributed by atoms with van der Waals surface area (Å²) in [4.78, 5) is 14.0. The highest BCUT2D eigenvalue weighted by molar-refractivity contribution is 6.02. The molecule has 19 heavy (non-hydrogen) atoms. The van der Waals surface area contributed by atoms with Crippen LogP contribution in [0.15, 0.2) is 18.2 Å². The van der Waals surface area contributed by atoms with Gasteiger partial charge in [-0.1, -0.05) is 6.07 Å². The van der Waals surface area contributed by atoms with Crippen molar-refractivity contribution in [2.75, 3.05) is 26.0 Å². The van der Waals surface area contributed by atoms with Crippen molar-refractivity contribution in [1.82, 2.24) is 4.90 Å². The Bertz CT molecular complexity index is 458. The Balaban J connectivity index is 3.19. The van der Waals surface area contributed by atoms with Crippen molar-refractivity contribution >= 4 is 11.6 Å². The van der Waals surface area contributed by atoms with Crippen LogP contribution < -0.4 is 10.5 Å². The molecule has 0 radical (unpaired) electrons. The highest BCUT2D eigenvalue weighted by Crippen LogP contribution is 2.27. The second kappa shape index (κ2) is 5.93. The molecule has 0 saturated carbocycles. The van der Waals surface area contributed by atoms with Crippen molar-refractivity contribution in [3.63, 3.8) is 0 Å². The molecule has 1 aromatic rings. The first-order valence-corrected chi connectivity index (χ1v) is 6.25. The zero-order valence-corrected chi connectivity index (χ0v) is 11.9. The number of nitrogens with two attached hydrogens (primary N) is 1. The third-order valence-electron chi connectivity index (χ3n) is 3.17. The maximum atomic E-state index is 12.5. The predicted molar refractivity (Wildman–Crippen MR) is 75.3 cm³/mol. The predicted octanol–water partition coefficient (Wildman–Crippen LogP) is 1.51. The summed E-state index contributed by atoms with van der Waals surface area (Å²) in [5.41, 5.74) is 5.93. The van der Waals surface area contributed by atoms with E-state index in [1.807, 2.05) is 6.92 Å². The van der Waals surface area contributed by atoms with E-state index in [1.165, 1.54) is 4.90 Å². The second-order valence-electron chi connectivity index (χ2n) is 4.99. The molecular weight excluding hydrogens is 244 g/mol. The number of hydrogen-bond acceptors (Lipinski definition) is 4. The van der Waals surface area contributed by atoms with Gasteiger partial charge < -0.3 is 20.5 Å². The fourth-order valence-corrected chi connectivity index (χ4v) is 1.60. The van der Waals surface area contributed by atoms with Crippen LogP contribution in [-0.4, -0.2) is 41.7 Å². The van der Waals surface area contributed by atoms with Gasteiger partial charge in [-0.15, -0.1) is 0 Å². The van der Waals surface area contributed by atoms with Gasteiger partial charge in [-0.05, 0) is 32.9 Å². The minimum Gasteiger partial charge on any atom is -0.493 e. The van der Waals surface area contributed by atoms with Crippen LogP contribution in [0.1, 0.15) is 31.1 Å². The topological polar surface area (TPSA) is 75.8 Å². The number of ether oxygens (including phenoxy) is 1. The van der Waals surface area contributed by atoms with Gasteiger partial charge >= 0.3 is 0 Å². The van der Waals surface area contributed by atoms with Gasteiger partial charge in [-0.3, -0.25) is 4.79 Å². The number of benzene rings is 1. The highest BCUT2D eigenvalue weighted by Gasteiger charge is 2.30. The van der Waals surface area contributed by atoms with Crippen LogP contribution in [-0.2, 0) is 0 Å². The smallest absolute Gasteiger partial charge is 0.259 e. The average Bonchev–Trinajstić information content (AvgIpc) is 2.37. The van der Waals surface area contributed by atoms with E-state index in [4.69, 9.17) is 10.5 Å². The van der Waals surface area contributed by atoms with Gasteiger partial charge in [0.1, 0.15) is 11.3 Å². The molecule has 0 heterocycles. The molecule has 3 N–H and O–H groups in total. The zero-order valence-electron chi connectivity index (χ0n) is 11.9. The third-order valence-corrected chi connectivity index (χ3v) is 3.17. The Labute approximate surface area is 114 Å². The van der Waals surface area contributed by atoms with E-state index in [2.05, 4.69) is 0 Å². The molecule has 0 aliphatic rings. The number of amides is 1. The molecule has 0 bridgehead atoms. The van der Waals surface area contributed by atoms with Crippen molar-refractivity contribution in [1.29, 1.82) is 0 Å². The molecule has 5 heteroatoms. The lowest BCUT2D eigenvalue weighted by molar-refractivity contribution is 0.0471. The summed E-state index contributed by atoms with van der Waals surface area (Å²) in [6, 6.07) is 5.12. The lowest BCUT2D eigenvalue weighted by Gasteiger charge is -2.34. The van der Waals surface area contributed by atoms with Gasteiger partial charge in [-0.2, -0.15) is 0 Å². The van der Waals surface area contributed by atoms with Gasteiger partial charge in [0, 0.05) is 12.7 Å². The number of carbonyl (C=O) groups is 1. The molecule has 5 nitrogen and oxygen atoms in total. The number of nitrogens with zero attached hydrogens (tertiary/aromatic N) is 1. The van der Waals surface area contributed by atoms with Crippen molar-refractivity contribution in [3.8, 4) is 5.75 Å². The number of nitrogen functional groups attached to an aromatic ring is 1. The lowest BCUT2D eigenvalue weighted by Crippen LogP contribution is -2.47. The minimum atomic E-state index is -0.664. The Morgan fingerprint density at radius 2 is 2.11 bits per heavy atom. The number of carbonyl (C=O) groups excluding carboxylic acids is 1. The number of aliphatic hydroxyl groups is 1. The van der Waals surface area contributed by atoms with E-state index in [0.29, 0.717) is 23.6 Å². The maximum Gasteiger partial charge on any atom is 0.259 e. The Morgan fingerprint density at radius 1 is 1.47 bits per heavy atom. The molecule has 106 valence electrons. The Morgan fingerprint density at radius 3 is 2.63 bits per heavy atom. The molecule has 0 fully saturated rings. The van der Waals surface area contributed by atoms with Crippen molar-refractivity contribution in [2.24, 2.45) is 0 Å². The number of likely N-dealkylation sites (N-methyl/N-ethyl adjacent to an activating group) is 1. The average molecular weight is 266 g/mol. The van der Waals surface area contributed by atoms with E-state index in [0.717, 1.165) is 0 Å². The second-order valence-corrected chi connectivity index (χ2v) is 4.99. The molecule has 1 rings (SSSR count). The van der Waals surface area contributed by atoms with E-state index in [9.17, 15) is 9.90 Å². The molecule has 0 aliphatic carbocycles. The molecule has 0 unspecified atom stereocenters. The van der Waals surface area contributed by atoms with Crippen LogP contribution in [0.4, 0.5) is 5.69 Å². The number of anilines is 1. The fourth-order valence-electron chi connectivity index (χ4n) is 1.60. The number of rotatable bonds is 5. The summed E-state index contributed by atoms with van der Waals surface area (Å²) in [6.45, 7) is 5.73. The van der Waals surface area contributed by atoms with Gasteiger partial charge in [0.05, 0.1) is 18.8 Å². The quantitative estimate of drug-likeness (QED) is 0.792. The summed E-state index contributed by atoms with van der Waals surface area (Å²) in [7, 11) is 1.64. The summed E-state index contributed by atoms with van der Waals surface area (Å²) >= 11 is 0. The van der Waals surface area contributed by atoms with Crippen molar-refractivity contribution in [2.45, 2.75) is 26.3 Å². The lowest BCUT2D eigenvalue weighted by atomic mass is 10.0. The summed E-state index contributed by atoms with van der Waals surface area (Å²) in [5, 5.41) is 9.35. The van der Waals surface area contributed by atoms with Crippen LogP contribution in [0, 0.1) is 0 Å². The van der Waals surface area contributed by atoms with Gasteiger partial charge in [0.25, 0.3) is 5.91 Å². The largest absolute Gasteiger partial charge is 0.493 e. The van der Waals surface area contributed by atoms with E-state index in [-0.39, 0.29) is 12.5 Å². The minimum absolute atomic E-state index is 0.133. The number of aliphatic hydroxyl groups excluding tert-OH is 1. The van der Waals surface area contributed by atoms with Gasteiger partial charge in [-0.25, -0.2) is 0 Å². The van der Waals surface area contributed by atoms with Gasteiger partial charge in [0.15, 0.2) is 0 Å². The molecule has 0 atom stereocenters. The molecular formula is C14H22N2O3. The van der Waals surface area contributed by atoms with Crippen molar-refractivity contribution in [3.05, 3.63) is 23.8 Å². The van der Waals surface area contributed by atoms with Crippen LogP contribution in [0.25, 0.3) is 0 Å². The maximum absolute atomic E-state index is 12.5. The SMILES string of the molecule is CCOc1cccc(N)c1C(=O)N(C)C(C)(C)CO. The molecule has 1 amide bonds. The Kier molecular flexibility index (Phi) is 4.78. The molecule has 1 aromatic carbocycles. The normalized spacial score (nSPS) is 11.2. The molecule has 0 spiro atoms. The molecule has 0 aliphatic heterocycles. The first kappa shape index (κ1) is 15.3. The summed E-state index contributed by atoms with van der Waals surface area (Å²) in [6.07, 6.45) is 0. The highest BCUT2D eigenvalue weighted by atomic mass is 16.5. The van der Waals surface area contributed by atoms with Gasteiger partial charge in [0.2, 0.25) is 0 Å². The monoisotopic (exact) mass is 266 g/mol. The van der Waals surface area contributed by atoms with Crippen LogP contribution in [0.5, 0.6) is 5.75 Å². The zero-order chi connectivity index (χ0) is 14.6. The molecule has 0 saturated heterocycles. The third kappa shape index (κ3) is 3.17. The Hall–Kier alpha value is -1.75. The first-order valence-electron chi connectivity index (χ1n) is 6.25. The number of hydrogen-bond donors (Lipinski definition) is 2. The molecule has 0 aromatic heterocycles. The first-order chi connectivity index (χ1) is 8.85. The fraction of sp³-hybridized carbons (Fsp3) is 0.500. The van der Waals surface area contributed by atoms with E-state index < -0.39 is 5.54 Å². The summed E-state index contributed by atoms with van der Waals surface area (Å²) < 4.78 is 5.45. The van der Waals surface area contributed by atoms with Crippen LogP contribution in [0.2, 0.25) is 0 Å². The van der Waals surface area contributed by atoms with E-state index >= 15 is 0 Å². The summed E-state index contributed by atoms with van der Waals surface area (Å²) in [5.74, 6) is 0.202. The van der Waals surface area contributed by atoms with Crippen LogP contribution in [0.3, 0.4) is 0 Å². The standard InChI is InChI=1S/C14H22N2O3/c1-5-19-11-8-6-7-10(15)12(11)13(18)16(4)14(2,3)9-17/h6-8,17H,5,9,15H2,1-4H3. The van der Waals surface area contributed by atoms with E-state index in [1.54, 1.807) is 39.1 Å². The van der Waals surface area contributed by atoms with Crippen LogP contribution >= 0.6 is 0 Å².